The van der Waals surface area contributed by atoms with Crippen LogP contribution < -0.4 is 0 Å². The van der Waals surface area contributed by atoms with Gasteiger partial charge in [-0.3, -0.25) is 0 Å². The van der Waals surface area contributed by atoms with Gasteiger partial charge in [0.2, 0.25) is 0 Å². The van der Waals surface area contributed by atoms with Gasteiger partial charge in [0, 0.05) is 0 Å². The van der Waals surface area contributed by atoms with Crippen molar-refractivity contribution in [3.8, 4) is 6.07 Å². The predicted octanol–water partition coefficient (Wildman–Crippen LogP) is 6.43. The van der Waals surface area contributed by atoms with E-state index < -0.39 is 0 Å². The molecule has 0 radical (unpaired) electrons. The Labute approximate surface area is 157 Å². The van der Waals surface area contributed by atoms with Gasteiger partial charge in [0.15, 0.2) is 0 Å². The van der Waals surface area contributed by atoms with Gasteiger partial charge in [0.1, 0.15) is 0 Å². The number of nitrogens with zero attached hydrogens (tertiary/aromatic N) is 1. The average molecular weight is 341 g/mol. The van der Waals surface area contributed by atoms with E-state index in [0.29, 0.717) is 5.92 Å². The molecule has 1 aliphatic carbocycles. The molecule has 0 saturated carbocycles. The lowest BCUT2D eigenvalue weighted by molar-refractivity contribution is 0.679. The van der Waals surface area contributed by atoms with Gasteiger partial charge in [-0.2, -0.15) is 5.26 Å². The third-order valence-corrected chi connectivity index (χ3v) is 5.47. The first-order chi connectivity index (χ1) is 12.4. The van der Waals surface area contributed by atoms with E-state index in [2.05, 4.69) is 64.6 Å². The molecule has 1 heteroatoms. The molecule has 0 N–H and O–H groups in total. The van der Waals surface area contributed by atoms with E-state index in [1.165, 1.54) is 44.5 Å². The van der Waals surface area contributed by atoms with Crippen LogP contribution in [0.5, 0.6) is 0 Å². The van der Waals surface area contributed by atoms with Crippen molar-refractivity contribution in [3.63, 3.8) is 0 Å². The maximum absolute atomic E-state index is 9.10. The molecule has 0 fully saturated rings. The van der Waals surface area contributed by atoms with Crippen LogP contribution in [0.3, 0.4) is 0 Å². The Bertz CT molecular complexity index is 933. The number of aryl methyl sites for hydroxylation is 2. The molecule has 26 heavy (non-hydrogen) atoms. The van der Waals surface area contributed by atoms with E-state index in [1.807, 2.05) is 12.1 Å². The standard InChI is InChI=1S/C25H27N/c1-16(2)6-8-21-14-25-19(5)12-22(13-23(25)11-17(21)3)24-9-7-20(15-26)10-18(24)4/h6-7,9-11,14,22H,5,8,12-13H2,1-4H3. The summed E-state index contributed by atoms with van der Waals surface area (Å²) in [6.07, 6.45) is 5.33. The zero-order chi connectivity index (χ0) is 18.8. The van der Waals surface area contributed by atoms with E-state index in [9.17, 15) is 0 Å². The molecule has 132 valence electrons. The van der Waals surface area contributed by atoms with Crippen LogP contribution >= 0.6 is 0 Å². The number of hydrogen-bond donors (Lipinski definition) is 0. The summed E-state index contributed by atoms with van der Waals surface area (Å²) in [5, 5.41) is 9.10. The number of allylic oxidation sites excluding steroid dienone is 3. The van der Waals surface area contributed by atoms with Crippen molar-refractivity contribution >= 4 is 5.57 Å². The van der Waals surface area contributed by atoms with Gasteiger partial charge in [0.05, 0.1) is 11.6 Å². The fourth-order valence-electron chi connectivity index (χ4n) is 4.01. The molecule has 0 aromatic heterocycles. The number of benzene rings is 2. The molecule has 0 bridgehead atoms. The van der Waals surface area contributed by atoms with Crippen LogP contribution in [-0.2, 0) is 12.8 Å². The van der Waals surface area contributed by atoms with Crippen LogP contribution in [0.2, 0.25) is 0 Å². The highest BCUT2D eigenvalue weighted by atomic mass is 14.3. The number of rotatable bonds is 3. The Morgan fingerprint density at radius 1 is 1.15 bits per heavy atom. The highest BCUT2D eigenvalue weighted by Crippen LogP contribution is 2.40. The second-order valence-electron chi connectivity index (χ2n) is 7.81. The smallest absolute Gasteiger partial charge is 0.0991 e. The van der Waals surface area contributed by atoms with Crippen LogP contribution in [0.4, 0.5) is 0 Å². The largest absolute Gasteiger partial charge is 0.192 e. The summed E-state index contributed by atoms with van der Waals surface area (Å²) in [6, 6.07) is 13.0. The molecule has 0 spiro atoms. The van der Waals surface area contributed by atoms with Crippen LogP contribution in [0.25, 0.3) is 5.57 Å². The molecule has 2 aromatic carbocycles. The van der Waals surface area contributed by atoms with E-state index in [0.717, 1.165) is 24.8 Å². The molecule has 1 atom stereocenters. The van der Waals surface area contributed by atoms with Crippen molar-refractivity contribution in [2.75, 3.05) is 0 Å². The lowest BCUT2D eigenvalue weighted by Gasteiger charge is -2.29. The van der Waals surface area contributed by atoms with E-state index in [-0.39, 0.29) is 0 Å². The third-order valence-electron chi connectivity index (χ3n) is 5.47. The fourth-order valence-corrected chi connectivity index (χ4v) is 4.01. The highest BCUT2D eigenvalue weighted by molar-refractivity contribution is 5.71. The summed E-state index contributed by atoms with van der Waals surface area (Å²) in [6.45, 7) is 13.0. The maximum Gasteiger partial charge on any atom is 0.0991 e. The SMILES string of the molecule is C=C1CC(c2ccc(C#N)cc2C)Cc2cc(C)c(CC=C(C)C)cc21. The molecular formula is C25H27N. The zero-order valence-electron chi connectivity index (χ0n) is 16.3. The van der Waals surface area contributed by atoms with Gasteiger partial charge in [-0.25, -0.2) is 0 Å². The molecule has 0 aliphatic heterocycles. The van der Waals surface area contributed by atoms with Gasteiger partial charge >= 0.3 is 0 Å². The molecule has 1 nitrogen and oxygen atoms in total. The van der Waals surface area contributed by atoms with Gasteiger partial charge in [-0.1, -0.05) is 36.4 Å². The van der Waals surface area contributed by atoms with Crippen molar-refractivity contribution < 1.29 is 0 Å². The Morgan fingerprint density at radius 3 is 2.58 bits per heavy atom. The second-order valence-corrected chi connectivity index (χ2v) is 7.81. The van der Waals surface area contributed by atoms with Gasteiger partial charge < -0.3 is 0 Å². The number of hydrogen-bond acceptors (Lipinski definition) is 1. The van der Waals surface area contributed by atoms with Crippen molar-refractivity contribution in [2.24, 2.45) is 0 Å². The zero-order valence-corrected chi connectivity index (χ0v) is 16.3. The van der Waals surface area contributed by atoms with Crippen LogP contribution in [-0.4, -0.2) is 0 Å². The summed E-state index contributed by atoms with van der Waals surface area (Å²) in [5.41, 5.74) is 11.4. The molecule has 1 aliphatic rings. The molecule has 0 amide bonds. The second kappa shape index (κ2) is 7.34. The number of fused-ring (bicyclic) bond motifs is 1. The monoisotopic (exact) mass is 341 g/mol. The lowest BCUT2D eigenvalue weighted by atomic mass is 9.75. The number of nitriles is 1. The quantitative estimate of drug-likeness (QED) is 0.590. The van der Waals surface area contributed by atoms with Crippen molar-refractivity contribution in [1.82, 2.24) is 0 Å². The van der Waals surface area contributed by atoms with Gasteiger partial charge in [0.25, 0.3) is 0 Å². The van der Waals surface area contributed by atoms with Crippen LogP contribution in [0.1, 0.15) is 65.1 Å². The van der Waals surface area contributed by atoms with Gasteiger partial charge in [-0.15, -0.1) is 0 Å². The maximum atomic E-state index is 9.10. The summed E-state index contributed by atoms with van der Waals surface area (Å²) >= 11 is 0. The molecule has 2 aromatic rings. The summed E-state index contributed by atoms with van der Waals surface area (Å²) in [5.74, 6) is 0.450. The Balaban J connectivity index is 1.94. The summed E-state index contributed by atoms with van der Waals surface area (Å²) < 4.78 is 0. The van der Waals surface area contributed by atoms with E-state index >= 15 is 0 Å². The first kappa shape index (κ1) is 18.2. The first-order valence-electron chi connectivity index (χ1n) is 9.33. The summed E-state index contributed by atoms with van der Waals surface area (Å²) in [4.78, 5) is 0. The topological polar surface area (TPSA) is 23.8 Å². The predicted molar refractivity (Wildman–Crippen MR) is 110 cm³/mol. The van der Waals surface area contributed by atoms with Gasteiger partial charge in [-0.05, 0) is 104 Å². The minimum absolute atomic E-state index is 0.450. The van der Waals surface area contributed by atoms with Crippen molar-refractivity contribution in [3.05, 3.63) is 87.5 Å². The third kappa shape index (κ3) is 3.65. The average Bonchev–Trinajstić information content (AvgIpc) is 2.59. The molecule has 0 saturated heterocycles. The first-order valence-corrected chi connectivity index (χ1v) is 9.33. The molecule has 0 heterocycles. The van der Waals surface area contributed by atoms with Crippen LogP contribution in [0, 0.1) is 25.2 Å². The minimum atomic E-state index is 0.450. The summed E-state index contributed by atoms with van der Waals surface area (Å²) in [7, 11) is 0. The van der Waals surface area contributed by atoms with E-state index in [1.54, 1.807) is 0 Å². The molecule has 3 rings (SSSR count). The minimum Gasteiger partial charge on any atom is -0.192 e. The Hall–Kier alpha value is -2.59. The van der Waals surface area contributed by atoms with Crippen LogP contribution in [0.15, 0.2) is 48.6 Å². The molecular weight excluding hydrogens is 314 g/mol. The normalized spacial score (nSPS) is 16.0. The molecule has 1 unspecified atom stereocenters. The van der Waals surface area contributed by atoms with E-state index in [4.69, 9.17) is 5.26 Å². The van der Waals surface area contributed by atoms with Crippen molar-refractivity contribution in [1.29, 1.82) is 5.26 Å². The highest BCUT2D eigenvalue weighted by Gasteiger charge is 2.24. The lowest BCUT2D eigenvalue weighted by Crippen LogP contribution is -2.14. The van der Waals surface area contributed by atoms with Crippen molar-refractivity contribution in [2.45, 2.75) is 52.9 Å². The Morgan fingerprint density at radius 2 is 1.92 bits per heavy atom. The Kier molecular flexibility index (Phi) is 5.14. The fraction of sp³-hybridized carbons (Fsp3) is 0.320.